The number of ether oxygens (including phenoxy) is 1. The predicted octanol–water partition coefficient (Wildman–Crippen LogP) is 2.79. The number of anilines is 1. The van der Waals surface area contributed by atoms with Crippen molar-refractivity contribution >= 4 is 5.82 Å². The van der Waals surface area contributed by atoms with Crippen molar-refractivity contribution in [2.75, 3.05) is 24.6 Å². The monoisotopic (exact) mass is 277 g/mol. The van der Waals surface area contributed by atoms with Crippen LogP contribution in [0.4, 0.5) is 10.2 Å². The molecule has 0 aliphatic carbocycles. The molecule has 20 heavy (non-hydrogen) atoms. The van der Waals surface area contributed by atoms with E-state index < -0.39 is 5.82 Å². The van der Waals surface area contributed by atoms with Crippen LogP contribution in [0.2, 0.25) is 0 Å². The van der Waals surface area contributed by atoms with Crippen molar-refractivity contribution in [2.24, 2.45) is 0 Å². The average molecular weight is 277 g/mol. The number of aromatic nitrogens is 2. The molecule has 0 bridgehead atoms. The molecule has 1 fully saturated rings. The molecule has 5 heteroatoms. The van der Waals surface area contributed by atoms with Crippen molar-refractivity contribution in [1.82, 2.24) is 9.97 Å². The highest BCUT2D eigenvalue weighted by atomic mass is 19.1. The molecule has 1 saturated heterocycles. The van der Waals surface area contributed by atoms with Crippen LogP contribution in [0, 0.1) is 17.7 Å². The molecule has 0 spiro atoms. The Hall–Kier alpha value is -1.83. The Kier molecular flexibility index (Phi) is 5.60. The van der Waals surface area contributed by atoms with Gasteiger partial charge in [-0.2, -0.15) is 9.37 Å². The Bertz CT molecular complexity index is 488. The molecule has 0 radical (unpaired) electrons. The summed E-state index contributed by atoms with van der Waals surface area (Å²) >= 11 is 0. The van der Waals surface area contributed by atoms with Gasteiger partial charge in [0, 0.05) is 13.1 Å². The van der Waals surface area contributed by atoms with Gasteiger partial charge in [0.25, 0.3) is 5.88 Å². The zero-order chi connectivity index (χ0) is 14.2. The van der Waals surface area contributed by atoms with Gasteiger partial charge in [-0.15, -0.1) is 5.92 Å². The van der Waals surface area contributed by atoms with E-state index in [0.29, 0.717) is 5.82 Å². The van der Waals surface area contributed by atoms with Crippen LogP contribution in [0.1, 0.15) is 39.0 Å². The molecule has 1 aliphatic rings. The van der Waals surface area contributed by atoms with Crippen LogP contribution in [-0.2, 0) is 0 Å². The maximum atomic E-state index is 14.4. The van der Waals surface area contributed by atoms with Gasteiger partial charge in [-0.3, -0.25) is 0 Å². The van der Waals surface area contributed by atoms with Gasteiger partial charge in [0.05, 0.1) is 0 Å². The summed E-state index contributed by atoms with van der Waals surface area (Å²) in [6.07, 6.45) is 7.15. The molecular weight excluding hydrogens is 257 g/mol. The van der Waals surface area contributed by atoms with Crippen molar-refractivity contribution in [3.8, 4) is 17.7 Å². The summed E-state index contributed by atoms with van der Waals surface area (Å²) in [7, 11) is 0. The lowest BCUT2D eigenvalue weighted by molar-refractivity contribution is 0.330. The van der Waals surface area contributed by atoms with E-state index in [0.717, 1.165) is 25.9 Å². The first-order valence-corrected chi connectivity index (χ1v) is 7.11. The zero-order valence-electron chi connectivity index (χ0n) is 11.9. The molecule has 4 nitrogen and oxygen atoms in total. The predicted molar refractivity (Wildman–Crippen MR) is 76.2 cm³/mol. The van der Waals surface area contributed by atoms with E-state index >= 15 is 0 Å². The Morgan fingerprint density at radius 1 is 1.20 bits per heavy atom. The van der Waals surface area contributed by atoms with Gasteiger partial charge < -0.3 is 9.64 Å². The third-order valence-electron chi connectivity index (χ3n) is 3.35. The smallest absolute Gasteiger partial charge is 0.256 e. The maximum absolute atomic E-state index is 14.4. The number of hydrogen-bond donors (Lipinski definition) is 0. The summed E-state index contributed by atoms with van der Waals surface area (Å²) in [5.41, 5.74) is 0. The molecule has 1 aromatic heterocycles. The van der Waals surface area contributed by atoms with Crippen molar-refractivity contribution in [3.63, 3.8) is 0 Å². The fraction of sp³-hybridized carbons (Fsp3) is 0.600. The van der Waals surface area contributed by atoms with Crippen molar-refractivity contribution in [3.05, 3.63) is 12.1 Å². The first kappa shape index (κ1) is 14.6. The van der Waals surface area contributed by atoms with E-state index in [1.54, 1.807) is 6.92 Å². The second-order valence-electron chi connectivity index (χ2n) is 4.79. The second-order valence-corrected chi connectivity index (χ2v) is 4.79. The van der Waals surface area contributed by atoms with Crippen molar-refractivity contribution in [1.29, 1.82) is 0 Å². The maximum Gasteiger partial charge on any atom is 0.256 e. The molecule has 0 aromatic carbocycles. The van der Waals surface area contributed by atoms with Crippen LogP contribution in [0.3, 0.4) is 0 Å². The van der Waals surface area contributed by atoms with Crippen LogP contribution in [0.15, 0.2) is 6.33 Å². The highest BCUT2D eigenvalue weighted by Crippen LogP contribution is 2.24. The first-order valence-electron chi connectivity index (χ1n) is 7.11. The SMILES string of the molecule is CC#CCOc1ncnc(N2CCCCCCC2)c1F. The Morgan fingerprint density at radius 3 is 2.60 bits per heavy atom. The highest BCUT2D eigenvalue weighted by Gasteiger charge is 2.18. The second kappa shape index (κ2) is 7.68. The minimum absolute atomic E-state index is 0.0141. The molecule has 0 atom stereocenters. The van der Waals surface area contributed by atoms with E-state index in [1.165, 1.54) is 25.6 Å². The van der Waals surface area contributed by atoms with Gasteiger partial charge >= 0.3 is 0 Å². The summed E-state index contributed by atoms with van der Waals surface area (Å²) in [5.74, 6) is 5.28. The minimum Gasteiger partial charge on any atom is -0.462 e. The normalized spacial score (nSPS) is 15.8. The molecule has 2 rings (SSSR count). The van der Waals surface area contributed by atoms with E-state index in [9.17, 15) is 4.39 Å². The summed E-state index contributed by atoms with van der Waals surface area (Å²) in [6.45, 7) is 3.53. The molecule has 2 heterocycles. The number of halogens is 1. The van der Waals surface area contributed by atoms with Gasteiger partial charge in [-0.05, 0) is 19.8 Å². The summed E-state index contributed by atoms with van der Waals surface area (Å²) in [4.78, 5) is 9.93. The van der Waals surface area contributed by atoms with Gasteiger partial charge in [0.15, 0.2) is 12.4 Å². The van der Waals surface area contributed by atoms with Crippen LogP contribution in [0.5, 0.6) is 5.88 Å². The standard InChI is InChI=1S/C15H20FN3O/c1-2-3-11-20-15-13(16)14(17-12-18-15)19-9-7-5-4-6-8-10-19/h12H,4-11H2,1H3. The van der Waals surface area contributed by atoms with E-state index in [-0.39, 0.29) is 12.5 Å². The number of nitrogens with zero attached hydrogens (tertiary/aromatic N) is 3. The van der Waals surface area contributed by atoms with Gasteiger partial charge in [0.1, 0.15) is 6.33 Å². The Labute approximate surface area is 119 Å². The first-order chi connectivity index (χ1) is 9.83. The van der Waals surface area contributed by atoms with Crippen LogP contribution < -0.4 is 9.64 Å². The Balaban J connectivity index is 2.12. The van der Waals surface area contributed by atoms with E-state index in [2.05, 4.69) is 21.8 Å². The number of rotatable bonds is 3. The molecule has 0 N–H and O–H groups in total. The third kappa shape index (κ3) is 3.83. The van der Waals surface area contributed by atoms with E-state index in [4.69, 9.17) is 4.74 Å². The summed E-state index contributed by atoms with van der Waals surface area (Å²) in [6, 6.07) is 0. The van der Waals surface area contributed by atoms with Crippen molar-refractivity contribution < 1.29 is 9.13 Å². The van der Waals surface area contributed by atoms with Gasteiger partial charge in [-0.25, -0.2) is 4.98 Å². The topological polar surface area (TPSA) is 38.3 Å². The number of hydrogen-bond acceptors (Lipinski definition) is 4. The van der Waals surface area contributed by atoms with Crippen LogP contribution in [-0.4, -0.2) is 29.7 Å². The fourth-order valence-corrected chi connectivity index (χ4v) is 2.30. The van der Waals surface area contributed by atoms with Gasteiger partial charge in [-0.1, -0.05) is 25.2 Å². The third-order valence-corrected chi connectivity index (χ3v) is 3.35. The lowest BCUT2D eigenvalue weighted by Crippen LogP contribution is -2.29. The van der Waals surface area contributed by atoms with Crippen LogP contribution in [0.25, 0.3) is 0 Å². The quantitative estimate of drug-likeness (QED) is 0.796. The van der Waals surface area contributed by atoms with Gasteiger partial charge in [0.2, 0.25) is 5.82 Å². The van der Waals surface area contributed by atoms with Crippen molar-refractivity contribution in [2.45, 2.75) is 39.0 Å². The average Bonchev–Trinajstić information content (AvgIpc) is 2.41. The van der Waals surface area contributed by atoms with Crippen LogP contribution >= 0.6 is 0 Å². The Morgan fingerprint density at radius 2 is 1.90 bits per heavy atom. The zero-order valence-corrected chi connectivity index (χ0v) is 11.9. The largest absolute Gasteiger partial charge is 0.462 e. The van der Waals surface area contributed by atoms with E-state index in [1.807, 2.05) is 4.90 Å². The molecular formula is C15H20FN3O. The molecule has 0 saturated carbocycles. The lowest BCUT2D eigenvalue weighted by atomic mass is 10.1. The summed E-state index contributed by atoms with van der Waals surface area (Å²) < 4.78 is 19.6. The molecule has 0 unspecified atom stereocenters. The molecule has 0 amide bonds. The molecule has 108 valence electrons. The lowest BCUT2D eigenvalue weighted by Gasteiger charge is -2.26. The minimum atomic E-state index is -0.481. The fourth-order valence-electron chi connectivity index (χ4n) is 2.30. The highest BCUT2D eigenvalue weighted by molar-refractivity contribution is 5.43. The molecule has 1 aromatic rings. The molecule has 1 aliphatic heterocycles. The summed E-state index contributed by atoms with van der Waals surface area (Å²) in [5, 5.41) is 0.